The van der Waals surface area contributed by atoms with Crippen molar-refractivity contribution in [2.45, 2.75) is 14.8 Å². The molecule has 0 saturated heterocycles. The van der Waals surface area contributed by atoms with Crippen LogP contribution in [0.5, 0.6) is 0 Å². The summed E-state index contributed by atoms with van der Waals surface area (Å²) >= 11 is 1.23. The first kappa shape index (κ1) is 15.3. The number of hydrogen-bond donors (Lipinski definition) is 2. The van der Waals surface area contributed by atoms with Crippen LogP contribution in [0.25, 0.3) is 0 Å². The maximum absolute atomic E-state index is 11.4. The molecule has 0 amide bonds. The fourth-order valence-corrected chi connectivity index (χ4v) is 2.95. The average Bonchev–Trinajstić information content (AvgIpc) is 2.40. The van der Waals surface area contributed by atoms with Gasteiger partial charge < -0.3 is 10.8 Å². The monoisotopic (exact) mass is 324 g/mol. The number of hydrogen-bond acceptors (Lipinski definition) is 6. The van der Waals surface area contributed by atoms with Crippen LogP contribution in [0.15, 0.2) is 51.3 Å². The number of anilines is 1. The number of aromatic carboxylic acids is 1. The molecule has 0 aliphatic heterocycles. The number of carboxylic acids is 1. The predicted octanol–water partition coefficient (Wildman–Crippen LogP) is 1.92. The number of carboxylic acid groups (broad SMARTS) is 1. The average molecular weight is 324 g/mol. The fraction of sp³-hybridized carbons (Fsp3) is 0.0769. The summed E-state index contributed by atoms with van der Waals surface area (Å²) in [5, 5.41) is 9.30. The molecule has 110 valence electrons. The fourth-order valence-electron chi connectivity index (χ4n) is 1.54. The summed E-state index contributed by atoms with van der Waals surface area (Å²) in [4.78, 5) is 15.8. The molecular formula is C13H12N2O4S2. The molecule has 8 heteroatoms. The highest BCUT2D eigenvalue weighted by atomic mass is 32.2. The van der Waals surface area contributed by atoms with E-state index >= 15 is 0 Å². The second-order valence-corrected chi connectivity index (χ2v) is 7.35. The zero-order valence-electron chi connectivity index (χ0n) is 11.0. The molecule has 0 bridgehead atoms. The summed E-state index contributed by atoms with van der Waals surface area (Å²) in [6.07, 6.45) is 2.37. The predicted molar refractivity (Wildman–Crippen MR) is 79.3 cm³/mol. The minimum Gasteiger partial charge on any atom is -0.478 e. The number of aromatic nitrogens is 1. The third kappa shape index (κ3) is 3.73. The minimum atomic E-state index is -3.23. The van der Waals surface area contributed by atoms with E-state index in [9.17, 15) is 13.2 Å². The summed E-state index contributed by atoms with van der Waals surface area (Å²) in [6.45, 7) is 0. The Bertz CT molecular complexity index is 786. The number of carbonyl (C=O) groups is 1. The van der Waals surface area contributed by atoms with Gasteiger partial charge in [-0.05, 0) is 30.3 Å². The van der Waals surface area contributed by atoms with Crippen molar-refractivity contribution in [3.63, 3.8) is 0 Å². The van der Waals surface area contributed by atoms with Gasteiger partial charge in [0.15, 0.2) is 9.84 Å². The quantitative estimate of drug-likeness (QED) is 0.883. The summed E-state index contributed by atoms with van der Waals surface area (Å²) in [5.74, 6) is -1.09. The van der Waals surface area contributed by atoms with Gasteiger partial charge in [0, 0.05) is 17.3 Å². The lowest BCUT2D eigenvalue weighted by Gasteiger charge is -2.06. The van der Waals surface area contributed by atoms with Gasteiger partial charge in [-0.2, -0.15) is 0 Å². The Morgan fingerprint density at radius 1 is 1.29 bits per heavy atom. The van der Waals surface area contributed by atoms with Gasteiger partial charge >= 0.3 is 5.97 Å². The molecule has 0 spiro atoms. The summed E-state index contributed by atoms with van der Waals surface area (Å²) in [5.41, 5.74) is 6.04. The Morgan fingerprint density at radius 3 is 2.38 bits per heavy atom. The lowest BCUT2D eigenvalue weighted by molar-refractivity contribution is 0.0696. The highest BCUT2D eigenvalue weighted by Crippen LogP contribution is 2.31. The number of sulfone groups is 1. The van der Waals surface area contributed by atoms with Crippen LogP contribution < -0.4 is 5.73 Å². The Hall–Kier alpha value is -2.06. The molecule has 21 heavy (non-hydrogen) atoms. The third-order valence-electron chi connectivity index (χ3n) is 2.59. The van der Waals surface area contributed by atoms with Crippen LogP contribution in [-0.2, 0) is 9.84 Å². The van der Waals surface area contributed by atoms with Crippen LogP contribution in [0.1, 0.15) is 10.4 Å². The maximum atomic E-state index is 11.4. The van der Waals surface area contributed by atoms with Gasteiger partial charge in [-0.1, -0.05) is 11.8 Å². The molecule has 0 fully saturated rings. The smallest absolute Gasteiger partial charge is 0.337 e. The molecule has 0 aliphatic carbocycles. The van der Waals surface area contributed by atoms with Crippen LogP contribution in [0.3, 0.4) is 0 Å². The highest BCUT2D eigenvalue weighted by molar-refractivity contribution is 7.99. The molecule has 1 aromatic carbocycles. The van der Waals surface area contributed by atoms with Gasteiger partial charge in [0.05, 0.1) is 16.1 Å². The van der Waals surface area contributed by atoms with Gasteiger partial charge in [0.1, 0.15) is 5.03 Å². The second-order valence-electron chi connectivity index (χ2n) is 4.27. The van der Waals surface area contributed by atoms with E-state index < -0.39 is 15.8 Å². The first-order valence-corrected chi connectivity index (χ1v) is 8.45. The van der Waals surface area contributed by atoms with E-state index in [0.717, 1.165) is 11.2 Å². The number of rotatable bonds is 4. The number of benzene rings is 1. The molecule has 2 rings (SSSR count). The van der Waals surface area contributed by atoms with Gasteiger partial charge in [-0.15, -0.1) is 0 Å². The van der Waals surface area contributed by atoms with Crippen molar-refractivity contribution in [3.05, 3.63) is 42.1 Å². The van der Waals surface area contributed by atoms with Crippen LogP contribution >= 0.6 is 11.8 Å². The molecule has 0 aliphatic rings. The minimum absolute atomic E-state index is 0.0178. The molecular weight excluding hydrogens is 312 g/mol. The third-order valence-corrected chi connectivity index (χ3v) is 4.76. The van der Waals surface area contributed by atoms with Crippen molar-refractivity contribution >= 4 is 33.3 Å². The zero-order chi connectivity index (χ0) is 15.6. The van der Waals surface area contributed by atoms with Crippen molar-refractivity contribution in [2.24, 2.45) is 0 Å². The van der Waals surface area contributed by atoms with Crippen molar-refractivity contribution in [1.82, 2.24) is 4.98 Å². The van der Waals surface area contributed by atoms with E-state index in [1.165, 1.54) is 36.2 Å². The molecule has 0 unspecified atom stereocenters. The lowest BCUT2D eigenvalue weighted by Crippen LogP contribution is -2.01. The molecule has 1 heterocycles. The molecule has 1 aromatic heterocycles. The van der Waals surface area contributed by atoms with E-state index in [-0.39, 0.29) is 16.1 Å². The van der Waals surface area contributed by atoms with E-state index in [1.54, 1.807) is 12.1 Å². The van der Waals surface area contributed by atoms with Gasteiger partial charge in [-0.25, -0.2) is 18.2 Å². The summed E-state index contributed by atoms with van der Waals surface area (Å²) in [6, 6.07) is 7.63. The van der Waals surface area contributed by atoms with E-state index in [4.69, 9.17) is 10.8 Å². The van der Waals surface area contributed by atoms with E-state index in [1.807, 2.05) is 0 Å². The van der Waals surface area contributed by atoms with Crippen molar-refractivity contribution in [1.29, 1.82) is 0 Å². The molecule has 2 aromatic rings. The number of nitrogens with zero attached hydrogens (tertiary/aromatic N) is 1. The Balaban J connectivity index is 2.24. The summed E-state index contributed by atoms with van der Waals surface area (Å²) in [7, 11) is -3.23. The van der Waals surface area contributed by atoms with E-state index in [2.05, 4.69) is 4.98 Å². The van der Waals surface area contributed by atoms with Crippen molar-refractivity contribution < 1.29 is 18.3 Å². The molecule has 3 N–H and O–H groups in total. The SMILES string of the molecule is CS(=O)(=O)c1ccc(Sc2ncc(C(=O)O)cc2N)cc1. The standard InChI is InChI=1S/C13H12N2O4S2/c1-21(18,19)10-4-2-9(3-5-10)20-12-11(14)6-8(7-15-12)13(16)17/h2-7H,14H2,1H3,(H,16,17). The molecule has 0 saturated carbocycles. The normalized spacial score (nSPS) is 11.3. The van der Waals surface area contributed by atoms with Gasteiger partial charge in [0.25, 0.3) is 0 Å². The zero-order valence-corrected chi connectivity index (χ0v) is 12.6. The maximum Gasteiger partial charge on any atom is 0.337 e. The molecule has 0 atom stereocenters. The van der Waals surface area contributed by atoms with Gasteiger partial charge in [-0.3, -0.25) is 0 Å². The van der Waals surface area contributed by atoms with Crippen LogP contribution in [0.4, 0.5) is 5.69 Å². The largest absolute Gasteiger partial charge is 0.478 e. The number of pyridine rings is 1. The second kappa shape index (κ2) is 5.74. The first-order valence-electron chi connectivity index (χ1n) is 5.74. The Morgan fingerprint density at radius 2 is 1.90 bits per heavy atom. The van der Waals surface area contributed by atoms with Crippen LogP contribution in [-0.4, -0.2) is 30.7 Å². The molecule has 0 radical (unpaired) electrons. The molecule has 6 nitrogen and oxygen atoms in total. The van der Waals surface area contributed by atoms with E-state index in [0.29, 0.717) is 5.03 Å². The number of nitrogens with two attached hydrogens (primary N) is 1. The highest BCUT2D eigenvalue weighted by Gasteiger charge is 2.10. The summed E-state index contributed by atoms with van der Waals surface area (Å²) < 4.78 is 22.7. The number of nitrogen functional groups attached to an aromatic ring is 1. The van der Waals surface area contributed by atoms with Crippen LogP contribution in [0.2, 0.25) is 0 Å². The van der Waals surface area contributed by atoms with Gasteiger partial charge in [0.2, 0.25) is 0 Å². The Labute approximate surface area is 125 Å². The van der Waals surface area contributed by atoms with Crippen LogP contribution in [0, 0.1) is 0 Å². The van der Waals surface area contributed by atoms with Crippen molar-refractivity contribution in [2.75, 3.05) is 12.0 Å². The lowest BCUT2D eigenvalue weighted by atomic mass is 10.3. The topological polar surface area (TPSA) is 110 Å². The Kier molecular flexibility index (Phi) is 4.19. The first-order chi connectivity index (χ1) is 9.77. The van der Waals surface area contributed by atoms with Crippen molar-refractivity contribution in [3.8, 4) is 0 Å².